The van der Waals surface area contributed by atoms with Gasteiger partial charge in [-0.25, -0.2) is 9.50 Å². The van der Waals surface area contributed by atoms with Crippen LogP contribution in [0, 0.1) is 5.92 Å². The summed E-state index contributed by atoms with van der Waals surface area (Å²) >= 11 is 0. The zero-order valence-electron chi connectivity index (χ0n) is 15.3. The van der Waals surface area contributed by atoms with E-state index < -0.39 is 0 Å². The Labute approximate surface area is 161 Å². The summed E-state index contributed by atoms with van der Waals surface area (Å²) in [5.74, 6) is 0.826. The molecule has 2 aliphatic heterocycles. The number of piperidine rings is 1. The van der Waals surface area contributed by atoms with Gasteiger partial charge in [0.25, 0.3) is 5.91 Å². The molecule has 2 aliphatic rings. The van der Waals surface area contributed by atoms with E-state index in [1.165, 1.54) is 0 Å². The number of rotatable bonds is 2. The van der Waals surface area contributed by atoms with Crippen molar-refractivity contribution in [2.24, 2.45) is 5.92 Å². The van der Waals surface area contributed by atoms with Gasteiger partial charge in [-0.3, -0.25) is 9.59 Å². The van der Waals surface area contributed by atoms with Gasteiger partial charge in [-0.05, 0) is 31.0 Å². The van der Waals surface area contributed by atoms with Crippen LogP contribution in [0.5, 0.6) is 5.75 Å². The lowest BCUT2D eigenvalue weighted by atomic mass is 9.86. The van der Waals surface area contributed by atoms with Crippen LogP contribution in [0.1, 0.15) is 40.0 Å². The highest BCUT2D eigenvalue weighted by Gasteiger charge is 2.36. The molecule has 1 fully saturated rings. The standard InChI is InChI=1S/C21H20N4O3/c26-17-11-19(28-18-7-2-1-6-15(17)18)14-5-3-9-24(13-14)21(27)16-12-23-25-10-4-8-22-20(16)25/h1-2,4,6-8,10,12,14,19H,3,5,9,11,13H2/t14-,19-/m1/s1. The molecule has 0 radical (unpaired) electrons. The number of nitrogens with zero attached hydrogens (tertiary/aromatic N) is 4. The molecule has 0 bridgehead atoms. The first-order valence-corrected chi connectivity index (χ1v) is 9.57. The van der Waals surface area contributed by atoms with E-state index in [4.69, 9.17) is 4.74 Å². The highest BCUT2D eigenvalue weighted by Crippen LogP contribution is 2.33. The first kappa shape index (κ1) is 16.9. The highest BCUT2D eigenvalue weighted by atomic mass is 16.5. The lowest BCUT2D eigenvalue weighted by molar-refractivity contribution is 0.0410. The molecular formula is C21H20N4O3. The quantitative estimate of drug-likeness (QED) is 0.687. The first-order valence-electron chi connectivity index (χ1n) is 9.57. The molecule has 0 N–H and O–H groups in total. The lowest BCUT2D eigenvalue weighted by Gasteiger charge is -2.38. The van der Waals surface area contributed by atoms with Gasteiger partial charge in [0.05, 0.1) is 11.8 Å². The number of benzene rings is 1. The number of aromatic nitrogens is 3. The molecule has 0 spiro atoms. The molecule has 7 nitrogen and oxygen atoms in total. The fourth-order valence-corrected chi connectivity index (χ4v) is 4.21. The van der Waals surface area contributed by atoms with Crippen molar-refractivity contribution >= 4 is 17.3 Å². The summed E-state index contributed by atoms with van der Waals surface area (Å²) in [5, 5.41) is 4.22. The van der Waals surface area contributed by atoms with Crippen LogP contribution in [-0.4, -0.2) is 50.4 Å². The molecular weight excluding hydrogens is 356 g/mol. The van der Waals surface area contributed by atoms with Crippen LogP contribution >= 0.6 is 0 Å². The van der Waals surface area contributed by atoms with Crippen LogP contribution in [0.15, 0.2) is 48.9 Å². The number of Topliss-reactive ketones (excluding diaryl/α,β-unsaturated/α-hetero) is 1. The molecule has 1 saturated heterocycles. The molecule has 1 aromatic carbocycles. The minimum atomic E-state index is -0.194. The zero-order chi connectivity index (χ0) is 19.1. The number of ether oxygens (including phenoxy) is 1. The molecule has 2 atom stereocenters. The van der Waals surface area contributed by atoms with E-state index in [0.717, 1.165) is 12.8 Å². The van der Waals surface area contributed by atoms with Crippen LogP contribution in [-0.2, 0) is 0 Å². The Morgan fingerprint density at radius 3 is 3.04 bits per heavy atom. The van der Waals surface area contributed by atoms with Crippen LogP contribution in [0.3, 0.4) is 0 Å². The molecule has 0 aliphatic carbocycles. The SMILES string of the molecule is O=C1C[C@H]([C@@H]2CCCN(C(=O)c3cnn4cccnc34)C2)Oc2ccccc21. The Kier molecular flexibility index (Phi) is 4.07. The normalized spacial score (nSPS) is 22.0. The number of carbonyl (C=O) groups excluding carboxylic acids is 2. The van der Waals surface area contributed by atoms with E-state index in [-0.39, 0.29) is 23.7 Å². The van der Waals surface area contributed by atoms with Crippen LogP contribution in [0.25, 0.3) is 5.65 Å². The average molecular weight is 376 g/mol. The molecule has 5 rings (SSSR count). The Hall–Kier alpha value is -3.22. The molecule has 1 amide bonds. The maximum absolute atomic E-state index is 13.1. The number of carbonyl (C=O) groups is 2. The van der Waals surface area contributed by atoms with E-state index in [0.29, 0.717) is 42.0 Å². The summed E-state index contributed by atoms with van der Waals surface area (Å²) in [7, 11) is 0. The van der Waals surface area contributed by atoms with E-state index in [1.807, 2.05) is 29.2 Å². The molecule has 0 saturated carbocycles. The number of para-hydroxylation sites is 1. The zero-order valence-corrected chi connectivity index (χ0v) is 15.3. The minimum Gasteiger partial charge on any atom is -0.489 e. The van der Waals surface area contributed by atoms with Crippen molar-refractivity contribution in [2.75, 3.05) is 13.1 Å². The number of ketones is 1. The fraction of sp³-hybridized carbons (Fsp3) is 0.333. The van der Waals surface area contributed by atoms with Crippen molar-refractivity contribution in [2.45, 2.75) is 25.4 Å². The Morgan fingerprint density at radius 2 is 2.11 bits per heavy atom. The van der Waals surface area contributed by atoms with Crippen molar-refractivity contribution in [1.82, 2.24) is 19.5 Å². The van der Waals surface area contributed by atoms with E-state index >= 15 is 0 Å². The third-order valence-electron chi connectivity index (χ3n) is 5.63. The van der Waals surface area contributed by atoms with Gasteiger partial charge in [0.1, 0.15) is 17.4 Å². The summed E-state index contributed by atoms with van der Waals surface area (Å²) in [6.45, 7) is 1.26. The summed E-state index contributed by atoms with van der Waals surface area (Å²) in [6.07, 6.45) is 7.01. The maximum Gasteiger partial charge on any atom is 0.259 e. The molecule has 28 heavy (non-hydrogen) atoms. The maximum atomic E-state index is 13.1. The third kappa shape index (κ3) is 2.83. The van der Waals surface area contributed by atoms with Gasteiger partial charge in [-0.2, -0.15) is 5.10 Å². The van der Waals surface area contributed by atoms with E-state index in [1.54, 1.807) is 29.2 Å². The second-order valence-electron chi connectivity index (χ2n) is 7.38. The number of amides is 1. The Morgan fingerprint density at radius 1 is 1.21 bits per heavy atom. The topological polar surface area (TPSA) is 76.8 Å². The molecule has 7 heteroatoms. The minimum absolute atomic E-state index is 0.0686. The summed E-state index contributed by atoms with van der Waals surface area (Å²) in [4.78, 5) is 31.7. The van der Waals surface area contributed by atoms with Gasteiger partial charge >= 0.3 is 0 Å². The largest absolute Gasteiger partial charge is 0.489 e. The van der Waals surface area contributed by atoms with Gasteiger partial charge in [-0.1, -0.05) is 12.1 Å². The van der Waals surface area contributed by atoms with Crippen LogP contribution in [0.4, 0.5) is 0 Å². The third-order valence-corrected chi connectivity index (χ3v) is 5.63. The fourth-order valence-electron chi connectivity index (χ4n) is 4.21. The number of hydrogen-bond acceptors (Lipinski definition) is 5. The average Bonchev–Trinajstić information content (AvgIpc) is 3.17. The summed E-state index contributed by atoms with van der Waals surface area (Å²) < 4.78 is 7.75. The second-order valence-corrected chi connectivity index (χ2v) is 7.38. The summed E-state index contributed by atoms with van der Waals surface area (Å²) in [5.41, 5.74) is 1.72. The van der Waals surface area contributed by atoms with E-state index in [9.17, 15) is 9.59 Å². The predicted molar refractivity (Wildman–Crippen MR) is 101 cm³/mol. The predicted octanol–water partition coefficient (Wildman–Crippen LogP) is 2.62. The van der Waals surface area contributed by atoms with Crippen molar-refractivity contribution in [1.29, 1.82) is 0 Å². The summed E-state index contributed by atoms with van der Waals surface area (Å²) in [6, 6.07) is 9.16. The van der Waals surface area contributed by atoms with Gasteiger partial charge in [0.2, 0.25) is 0 Å². The van der Waals surface area contributed by atoms with Crippen molar-refractivity contribution in [3.05, 3.63) is 60.0 Å². The molecule has 0 unspecified atom stereocenters. The van der Waals surface area contributed by atoms with Crippen LogP contribution in [0.2, 0.25) is 0 Å². The smallest absolute Gasteiger partial charge is 0.259 e. The van der Waals surface area contributed by atoms with Crippen molar-refractivity contribution < 1.29 is 14.3 Å². The van der Waals surface area contributed by atoms with Gasteiger partial charge in [-0.15, -0.1) is 0 Å². The highest BCUT2D eigenvalue weighted by molar-refractivity contribution is 6.00. The number of hydrogen-bond donors (Lipinski definition) is 0. The van der Waals surface area contributed by atoms with Crippen molar-refractivity contribution in [3.8, 4) is 5.75 Å². The molecule has 2 aromatic heterocycles. The van der Waals surface area contributed by atoms with Gasteiger partial charge in [0.15, 0.2) is 11.4 Å². The van der Waals surface area contributed by atoms with E-state index in [2.05, 4.69) is 10.1 Å². The monoisotopic (exact) mass is 376 g/mol. The number of likely N-dealkylation sites (tertiary alicyclic amines) is 1. The van der Waals surface area contributed by atoms with Crippen LogP contribution < -0.4 is 4.74 Å². The lowest BCUT2D eigenvalue weighted by Crippen LogP contribution is -2.46. The van der Waals surface area contributed by atoms with Gasteiger partial charge in [0, 0.05) is 37.8 Å². The second kappa shape index (κ2) is 6.74. The first-order chi connectivity index (χ1) is 13.7. The molecule has 3 aromatic rings. The Bertz CT molecular complexity index is 1060. The molecule has 4 heterocycles. The molecule has 142 valence electrons. The van der Waals surface area contributed by atoms with Crippen molar-refractivity contribution in [3.63, 3.8) is 0 Å². The number of fused-ring (bicyclic) bond motifs is 2. The Balaban J connectivity index is 1.35. The van der Waals surface area contributed by atoms with Gasteiger partial charge < -0.3 is 9.64 Å².